The smallest absolute Gasteiger partial charge is 0.309 e. The Morgan fingerprint density at radius 1 is 1.28 bits per heavy atom. The van der Waals surface area contributed by atoms with Gasteiger partial charge in [-0.2, -0.15) is 0 Å². The molecule has 7 heteroatoms. The third-order valence-electron chi connectivity index (χ3n) is 7.44. The normalized spacial score (nSPS) is 34.3. The van der Waals surface area contributed by atoms with E-state index in [1.165, 1.54) is 23.8 Å². The summed E-state index contributed by atoms with van der Waals surface area (Å²) in [6.07, 6.45) is 0.981. The molecule has 3 heterocycles. The number of aliphatic carboxylic acids is 1. The van der Waals surface area contributed by atoms with E-state index in [4.69, 9.17) is 9.47 Å². The standard InChI is InChI=1S/C22H28N2O5/c1-28-12-3-4-13-14-5-6-24-10-11-7-18(25)21(29-2)19(22(26)27)15(11)9-17(24)20(14)23-16(13)8-12/h3-4,8,11,15,17-19,21,23,25H,5-7,9-10H2,1-2H3,(H,26,27)/t11-,15-,17-,18+,19-,21-/m0/s1. The summed E-state index contributed by atoms with van der Waals surface area (Å²) in [6, 6.07) is 6.31. The zero-order valence-electron chi connectivity index (χ0n) is 16.8. The molecule has 2 aliphatic heterocycles. The highest BCUT2D eigenvalue weighted by Gasteiger charge is 2.52. The lowest BCUT2D eigenvalue weighted by Crippen LogP contribution is -2.57. The van der Waals surface area contributed by atoms with Crippen LogP contribution in [0.5, 0.6) is 5.75 Å². The van der Waals surface area contributed by atoms with E-state index in [2.05, 4.69) is 16.0 Å². The number of methoxy groups -OCH3 is 2. The number of rotatable bonds is 3. The Kier molecular flexibility index (Phi) is 4.57. The van der Waals surface area contributed by atoms with E-state index < -0.39 is 24.1 Å². The first-order chi connectivity index (χ1) is 14.0. The second-order valence-electron chi connectivity index (χ2n) is 8.72. The van der Waals surface area contributed by atoms with E-state index in [-0.39, 0.29) is 17.9 Å². The number of hydrogen-bond acceptors (Lipinski definition) is 5. The van der Waals surface area contributed by atoms with Crippen LogP contribution in [0.25, 0.3) is 10.9 Å². The zero-order valence-corrected chi connectivity index (χ0v) is 16.8. The maximum absolute atomic E-state index is 12.1. The van der Waals surface area contributed by atoms with Crippen LogP contribution in [0.3, 0.4) is 0 Å². The summed E-state index contributed by atoms with van der Waals surface area (Å²) in [5.74, 6) is -0.539. The Labute approximate surface area is 169 Å². The lowest BCUT2D eigenvalue weighted by atomic mass is 9.64. The number of carboxylic acid groups (broad SMARTS) is 1. The van der Waals surface area contributed by atoms with Crippen molar-refractivity contribution in [1.29, 1.82) is 0 Å². The number of hydrogen-bond donors (Lipinski definition) is 3. The van der Waals surface area contributed by atoms with Crippen molar-refractivity contribution in [1.82, 2.24) is 9.88 Å². The molecule has 1 aliphatic carbocycles. The van der Waals surface area contributed by atoms with Gasteiger partial charge >= 0.3 is 5.97 Å². The monoisotopic (exact) mass is 400 g/mol. The lowest BCUT2D eigenvalue weighted by molar-refractivity contribution is -0.172. The van der Waals surface area contributed by atoms with Crippen molar-refractivity contribution < 1.29 is 24.5 Å². The number of ether oxygens (including phenoxy) is 2. The zero-order chi connectivity index (χ0) is 20.3. The number of aliphatic hydroxyl groups is 1. The van der Waals surface area contributed by atoms with Gasteiger partial charge in [0.05, 0.1) is 31.3 Å². The summed E-state index contributed by atoms with van der Waals surface area (Å²) in [5.41, 5.74) is 3.62. The summed E-state index contributed by atoms with van der Waals surface area (Å²) in [5, 5.41) is 21.7. The van der Waals surface area contributed by atoms with Gasteiger partial charge in [-0.05, 0) is 48.8 Å². The van der Waals surface area contributed by atoms with E-state index in [1.807, 2.05) is 12.1 Å². The number of fused-ring (bicyclic) bond motifs is 6. The van der Waals surface area contributed by atoms with Crippen LogP contribution in [-0.2, 0) is 16.0 Å². The van der Waals surface area contributed by atoms with E-state index in [1.54, 1.807) is 7.11 Å². The molecule has 7 nitrogen and oxygen atoms in total. The van der Waals surface area contributed by atoms with Gasteiger partial charge in [0.1, 0.15) is 5.75 Å². The van der Waals surface area contributed by atoms with Gasteiger partial charge in [-0.25, -0.2) is 0 Å². The summed E-state index contributed by atoms with van der Waals surface area (Å²) in [6.45, 7) is 1.78. The molecule has 1 saturated heterocycles. The fourth-order valence-corrected chi connectivity index (χ4v) is 6.15. The molecule has 0 spiro atoms. The predicted molar refractivity (Wildman–Crippen MR) is 107 cm³/mol. The van der Waals surface area contributed by atoms with Crippen LogP contribution in [-0.4, -0.2) is 65.6 Å². The molecule has 5 rings (SSSR count). The SMILES string of the molecule is COc1ccc2c3c([nH]c2c1)[C@@H]1C[C@H]2[C@@H](C[C@@H](O)[C@H](OC)[C@H]2C(=O)O)CN1CC3. The molecule has 2 aromatic rings. The molecule has 0 amide bonds. The topological polar surface area (TPSA) is 95.0 Å². The van der Waals surface area contributed by atoms with Crippen LogP contribution in [0.2, 0.25) is 0 Å². The number of aliphatic hydroxyl groups excluding tert-OH is 1. The Morgan fingerprint density at radius 2 is 2.10 bits per heavy atom. The van der Waals surface area contributed by atoms with Gasteiger partial charge in [-0.15, -0.1) is 0 Å². The molecule has 0 unspecified atom stereocenters. The van der Waals surface area contributed by atoms with Gasteiger partial charge < -0.3 is 24.7 Å². The summed E-state index contributed by atoms with van der Waals surface area (Å²) in [4.78, 5) is 18.2. The van der Waals surface area contributed by atoms with Crippen LogP contribution in [0.15, 0.2) is 18.2 Å². The molecular weight excluding hydrogens is 372 g/mol. The highest BCUT2D eigenvalue weighted by molar-refractivity contribution is 5.86. The second kappa shape index (κ2) is 7.00. The van der Waals surface area contributed by atoms with Crippen molar-refractivity contribution >= 4 is 16.9 Å². The second-order valence-corrected chi connectivity index (χ2v) is 8.72. The molecule has 1 saturated carbocycles. The fraction of sp³-hybridized carbons (Fsp3) is 0.591. The average molecular weight is 400 g/mol. The minimum Gasteiger partial charge on any atom is -0.497 e. The van der Waals surface area contributed by atoms with Gasteiger partial charge in [0.2, 0.25) is 0 Å². The maximum Gasteiger partial charge on any atom is 0.309 e. The van der Waals surface area contributed by atoms with Crippen molar-refractivity contribution in [3.8, 4) is 5.75 Å². The Balaban J connectivity index is 1.52. The Morgan fingerprint density at radius 3 is 2.83 bits per heavy atom. The summed E-state index contributed by atoms with van der Waals surface area (Å²) >= 11 is 0. The van der Waals surface area contributed by atoms with Crippen molar-refractivity contribution in [2.75, 3.05) is 27.3 Å². The largest absolute Gasteiger partial charge is 0.497 e. The van der Waals surface area contributed by atoms with Crippen molar-refractivity contribution in [3.05, 3.63) is 29.5 Å². The summed E-state index contributed by atoms with van der Waals surface area (Å²) < 4.78 is 10.8. The third-order valence-corrected chi connectivity index (χ3v) is 7.44. The number of carboxylic acids is 1. The molecule has 6 atom stereocenters. The minimum absolute atomic E-state index is 0.00556. The van der Waals surface area contributed by atoms with Gasteiger partial charge in [0.25, 0.3) is 0 Å². The molecule has 3 aliphatic rings. The lowest BCUT2D eigenvalue weighted by Gasteiger charge is -2.52. The number of piperidine rings is 1. The number of aromatic amines is 1. The van der Waals surface area contributed by atoms with Crippen molar-refractivity contribution in [3.63, 3.8) is 0 Å². The minimum atomic E-state index is -0.864. The number of carbonyl (C=O) groups is 1. The van der Waals surface area contributed by atoms with Crippen molar-refractivity contribution in [2.24, 2.45) is 17.8 Å². The predicted octanol–water partition coefficient (Wildman–Crippen LogP) is 2.19. The van der Waals surface area contributed by atoms with Gasteiger partial charge in [0.15, 0.2) is 0 Å². The Bertz CT molecular complexity index is 941. The first-order valence-electron chi connectivity index (χ1n) is 10.4. The molecule has 1 aromatic heterocycles. The molecule has 29 heavy (non-hydrogen) atoms. The number of nitrogens with one attached hydrogen (secondary N) is 1. The van der Waals surface area contributed by atoms with Gasteiger partial charge in [-0.3, -0.25) is 9.69 Å². The molecule has 3 N–H and O–H groups in total. The number of nitrogens with zero attached hydrogens (tertiary/aromatic N) is 1. The van der Waals surface area contributed by atoms with Crippen LogP contribution >= 0.6 is 0 Å². The first-order valence-corrected chi connectivity index (χ1v) is 10.4. The number of aromatic nitrogens is 1. The average Bonchev–Trinajstić information content (AvgIpc) is 3.09. The van der Waals surface area contributed by atoms with Crippen LogP contribution in [0.4, 0.5) is 0 Å². The van der Waals surface area contributed by atoms with Crippen molar-refractivity contribution in [2.45, 2.75) is 37.5 Å². The third kappa shape index (κ3) is 2.86. The van der Waals surface area contributed by atoms with Crippen LogP contribution in [0, 0.1) is 17.8 Å². The van der Waals surface area contributed by atoms with Crippen LogP contribution in [0.1, 0.15) is 30.1 Å². The van der Waals surface area contributed by atoms with Gasteiger partial charge in [-0.1, -0.05) is 0 Å². The molecule has 2 fully saturated rings. The van der Waals surface area contributed by atoms with E-state index in [9.17, 15) is 15.0 Å². The van der Waals surface area contributed by atoms with Gasteiger partial charge in [0, 0.05) is 42.9 Å². The maximum atomic E-state index is 12.1. The Hall–Kier alpha value is -2.09. The van der Waals surface area contributed by atoms with E-state index in [0.717, 1.165) is 37.2 Å². The van der Waals surface area contributed by atoms with E-state index >= 15 is 0 Å². The molecular formula is C22H28N2O5. The number of benzene rings is 1. The molecule has 0 radical (unpaired) electrons. The summed E-state index contributed by atoms with van der Waals surface area (Å²) in [7, 11) is 3.17. The molecule has 0 bridgehead atoms. The highest BCUT2D eigenvalue weighted by atomic mass is 16.5. The molecule has 156 valence electrons. The molecule has 1 aromatic carbocycles. The highest BCUT2D eigenvalue weighted by Crippen LogP contribution is 2.49. The number of H-pyrrole nitrogens is 1. The quantitative estimate of drug-likeness (QED) is 0.731. The van der Waals surface area contributed by atoms with E-state index in [0.29, 0.717) is 6.42 Å². The first kappa shape index (κ1) is 18.9. The fourth-order valence-electron chi connectivity index (χ4n) is 6.15. The van der Waals surface area contributed by atoms with Crippen LogP contribution < -0.4 is 4.74 Å².